The molecule has 4 nitrogen and oxygen atoms in total. The number of carboxylic acid groups (broad SMARTS) is 1. The van der Waals surface area contributed by atoms with Crippen molar-refractivity contribution in [2.75, 3.05) is 5.32 Å². The summed E-state index contributed by atoms with van der Waals surface area (Å²) >= 11 is 0. The van der Waals surface area contributed by atoms with E-state index in [0.29, 0.717) is 17.7 Å². The van der Waals surface area contributed by atoms with Gasteiger partial charge in [0.15, 0.2) is 0 Å². The average Bonchev–Trinajstić information content (AvgIpc) is 2.59. The number of nitrogens with one attached hydrogen (secondary N) is 1. The van der Waals surface area contributed by atoms with E-state index in [1.807, 2.05) is 30.3 Å². The molecule has 0 saturated heterocycles. The molecule has 0 aliphatic carbocycles. The summed E-state index contributed by atoms with van der Waals surface area (Å²) in [6, 6.07) is 17.0. The molecule has 0 aliphatic rings. The van der Waals surface area contributed by atoms with Gasteiger partial charge in [-0.25, -0.2) is 0 Å². The number of hydrogen-bond acceptors (Lipinski definition) is 2. The fraction of sp³-hybridized carbons (Fsp3) is 0.300. The van der Waals surface area contributed by atoms with E-state index >= 15 is 0 Å². The van der Waals surface area contributed by atoms with Gasteiger partial charge in [0.1, 0.15) is 0 Å². The molecule has 0 radical (unpaired) electrons. The normalized spacial score (nSPS) is 13.1. The number of aliphatic carboxylic acids is 1. The van der Waals surface area contributed by atoms with Crippen molar-refractivity contribution in [2.45, 2.75) is 38.5 Å². The summed E-state index contributed by atoms with van der Waals surface area (Å²) < 4.78 is 0. The maximum absolute atomic E-state index is 12.3. The van der Waals surface area contributed by atoms with E-state index in [0.717, 1.165) is 12.0 Å². The maximum Gasteiger partial charge on any atom is 0.310 e. The molecule has 0 aliphatic heterocycles. The Labute approximate surface area is 142 Å². The molecular weight excluding hydrogens is 302 g/mol. The fourth-order valence-electron chi connectivity index (χ4n) is 2.69. The van der Waals surface area contributed by atoms with Crippen LogP contribution < -0.4 is 5.32 Å². The van der Waals surface area contributed by atoms with Gasteiger partial charge in [-0.1, -0.05) is 49.4 Å². The molecule has 2 aromatic rings. The zero-order valence-corrected chi connectivity index (χ0v) is 14.0. The monoisotopic (exact) mass is 325 g/mol. The predicted octanol–water partition coefficient (Wildman–Crippen LogP) is 4.40. The number of benzene rings is 2. The van der Waals surface area contributed by atoms with E-state index in [2.05, 4.69) is 12.2 Å². The summed E-state index contributed by atoms with van der Waals surface area (Å²) in [4.78, 5) is 23.4. The molecule has 4 heteroatoms. The zero-order chi connectivity index (χ0) is 17.5. The molecule has 126 valence electrons. The SMILES string of the molecule is CCC(CC(=O)Nc1cccc(C(C)C(=O)O)c1)c1ccccc1. The first-order valence-corrected chi connectivity index (χ1v) is 8.18. The van der Waals surface area contributed by atoms with Crippen LogP contribution in [-0.4, -0.2) is 17.0 Å². The van der Waals surface area contributed by atoms with Crippen molar-refractivity contribution in [2.24, 2.45) is 0 Å². The van der Waals surface area contributed by atoms with Gasteiger partial charge in [0, 0.05) is 12.1 Å². The number of rotatable bonds is 7. The smallest absolute Gasteiger partial charge is 0.310 e. The molecule has 0 bridgehead atoms. The largest absolute Gasteiger partial charge is 0.481 e. The topological polar surface area (TPSA) is 66.4 Å². The summed E-state index contributed by atoms with van der Waals surface area (Å²) in [6.07, 6.45) is 1.28. The van der Waals surface area contributed by atoms with Gasteiger partial charge in [-0.15, -0.1) is 0 Å². The van der Waals surface area contributed by atoms with Crippen LogP contribution >= 0.6 is 0 Å². The molecule has 0 saturated carbocycles. The molecule has 0 fully saturated rings. The van der Waals surface area contributed by atoms with E-state index in [1.165, 1.54) is 0 Å². The number of amides is 1. The van der Waals surface area contributed by atoms with Crippen LogP contribution in [0.5, 0.6) is 0 Å². The molecule has 1 amide bonds. The van der Waals surface area contributed by atoms with Crippen molar-refractivity contribution in [3.05, 3.63) is 65.7 Å². The lowest BCUT2D eigenvalue weighted by atomic mass is 9.93. The molecule has 24 heavy (non-hydrogen) atoms. The first kappa shape index (κ1) is 17.7. The lowest BCUT2D eigenvalue weighted by Crippen LogP contribution is -2.16. The zero-order valence-electron chi connectivity index (χ0n) is 14.0. The van der Waals surface area contributed by atoms with Crippen LogP contribution in [0.2, 0.25) is 0 Å². The molecule has 0 heterocycles. The standard InChI is InChI=1S/C20H23NO3/c1-3-15(16-8-5-4-6-9-16)13-19(22)21-18-11-7-10-17(12-18)14(2)20(23)24/h4-12,14-15H,3,13H2,1-2H3,(H,21,22)(H,23,24). The number of hydrogen-bond donors (Lipinski definition) is 2. The summed E-state index contributed by atoms with van der Waals surface area (Å²) in [6.45, 7) is 3.70. The van der Waals surface area contributed by atoms with Gasteiger partial charge in [-0.2, -0.15) is 0 Å². The second-order valence-electron chi connectivity index (χ2n) is 5.95. The molecule has 2 atom stereocenters. The highest BCUT2D eigenvalue weighted by atomic mass is 16.4. The van der Waals surface area contributed by atoms with Crippen LogP contribution in [0.15, 0.2) is 54.6 Å². The average molecular weight is 325 g/mol. The van der Waals surface area contributed by atoms with Crippen molar-refractivity contribution < 1.29 is 14.7 Å². The van der Waals surface area contributed by atoms with Crippen LogP contribution in [0.1, 0.15) is 49.7 Å². The van der Waals surface area contributed by atoms with Crippen molar-refractivity contribution >= 4 is 17.6 Å². The van der Waals surface area contributed by atoms with Crippen LogP contribution in [-0.2, 0) is 9.59 Å². The summed E-state index contributed by atoms with van der Waals surface area (Å²) in [5.41, 5.74) is 2.47. The minimum Gasteiger partial charge on any atom is -0.481 e. The van der Waals surface area contributed by atoms with Crippen molar-refractivity contribution in [1.82, 2.24) is 0 Å². The van der Waals surface area contributed by atoms with E-state index in [-0.39, 0.29) is 11.8 Å². The molecule has 2 rings (SSSR count). The quantitative estimate of drug-likeness (QED) is 0.793. The Balaban J connectivity index is 2.04. The fourth-order valence-corrected chi connectivity index (χ4v) is 2.69. The number of anilines is 1. The van der Waals surface area contributed by atoms with E-state index in [4.69, 9.17) is 5.11 Å². The summed E-state index contributed by atoms with van der Waals surface area (Å²) in [7, 11) is 0. The minimum atomic E-state index is -0.881. The highest BCUT2D eigenvalue weighted by Crippen LogP contribution is 2.24. The lowest BCUT2D eigenvalue weighted by Gasteiger charge is -2.15. The van der Waals surface area contributed by atoms with E-state index < -0.39 is 11.9 Å². The third-order valence-electron chi connectivity index (χ3n) is 4.24. The van der Waals surface area contributed by atoms with Crippen LogP contribution in [0.25, 0.3) is 0 Å². The Morgan fingerprint density at radius 3 is 2.33 bits per heavy atom. The summed E-state index contributed by atoms with van der Waals surface area (Å²) in [5, 5.41) is 12.0. The summed E-state index contributed by atoms with van der Waals surface area (Å²) in [5.74, 6) is -1.37. The van der Waals surface area contributed by atoms with Crippen molar-refractivity contribution in [3.63, 3.8) is 0 Å². The Kier molecular flexibility index (Phi) is 6.13. The van der Waals surface area contributed by atoms with Gasteiger partial charge < -0.3 is 10.4 Å². The number of carbonyl (C=O) groups is 2. The second kappa shape index (κ2) is 8.29. The molecule has 2 aromatic carbocycles. The van der Waals surface area contributed by atoms with Gasteiger partial charge >= 0.3 is 5.97 Å². The Hall–Kier alpha value is -2.62. The van der Waals surface area contributed by atoms with Crippen LogP contribution in [0.4, 0.5) is 5.69 Å². The third-order valence-corrected chi connectivity index (χ3v) is 4.24. The molecule has 2 unspecified atom stereocenters. The second-order valence-corrected chi connectivity index (χ2v) is 5.95. The highest BCUT2D eigenvalue weighted by molar-refractivity contribution is 5.91. The first-order chi connectivity index (χ1) is 11.5. The minimum absolute atomic E-state index is 0.0640. The van der Waals surface area contributed by atoms with Crippen molar-refractivity contribution in [3.8, 4) is 0 Å². The van der Waals surface area contributed by atoms with Gasteiger partial charge in [0.25, 0.3) is 0 Å². The van der Waals surface area contributed by atoms with E-state index in [1.54, 1.807) is 31.2 Å². The number of carboxylic acids is 1. The molecular formula is C20H23NO3. The first-order valence-electron chi connectivity index (χ1n) is 8.18. The predicted molar refractivity (Wildman–Crippen MR) is 95.2 cm³/mol. The van der Waals surface area contributed by atoms with Crippen LogP contribution in [0, 0.1) is 0 Å². The Morgan fingerprint density at radius 2 is 1.71 bits per heavy atom. The lowest BCUT2D eigenvalue weighted by molar-refractivity contribution is -0.138. The van der Waals surface area contributed by atoms with Gasteiger partial charge in [-0.05, 0) is 42.5 Å². The Morgan fingerprint density at radius 1 is 1.04 bits per heavy atom. The highest BCUT2D eigenvalue weighted by Gasteiger charge is 2.16. The maximum atomic E-state index is 12.3. The molecule has 2 N–H and O–H groups in total. The van der Waals surface area contributed by atoms with E-state index in [9.17, 15) is 9.59 Å². The van der Waals surface area contributed by atoms with Crippen molar-refractivity contribution in [1.29, 1.82) is 0 Å². The molecule has 0 aromatic heterocycles. The van der Waals surface area contributed by atoms with Gasteiger partial charge in [0.05, 0.1) is 5.92 Å². The third kappa shape index (κ3) is 4.69. The van der Waals surface area contributed by atoms with Gasteiger partial charge in [-0.3, -0.25) is 9.59 Å². The number of carbonyl (C=O) groups excluding carboxylic acids is 1. The van der Waals surface area contributed by atoms with Gasteiger partial charge in [0.2, 0.25) is 5.91 Å². The van der Waals surface area contributed by atoms with Crippen LogP contribution in [0.3, 0.4) is 0 Å². The molecule has 0 spiro atoms. The Bertz CT molecular complexity index is 697.